The van der Waals surface area contributed by atoms with Crippen LogP contribution in [0.1, 0.15) is 39.9 Å². The number of aryl methyl sites for hydroxylation is 3. The Labute approximate surface area is 123 Å². The van der Waals surface area contributed by atoms with Crippen molar-refractivity contribution in [3.63, 3.8) is 0 Å². The Bertz CT molecular complexity index is 694. The monoisotopic (exact) mass is 283 g/mol. The summed E-state index contributed by atoms with van der Waals surface area (Å²) < 4.78 is 5.73. The van der Waals surface area contributed by atoms with Gasteiger partial charge in [0.05, 0.1) is 0 Å². The fraction of sp³-hybridized carbons (Fsp3) is 0.294. The van der Waals surface area contributed by atoms with Gasteiger partial charge in [0.2, 0.25) is 5.88 Å². The molecule has 0 saturated heterocycles. The Kier molecular flexibility index (Phi) is 3.60. The average Bonchev–Trinajstić information content (AvgIpc) is 2.47. The van der Waals surface area contributed by atoms with E-state index in [9.17, 15) is 9.90 Å². The van der Waals surface area contributed by atoms with Crippen molar-refractivity contribution in [1.29, 1.82) is 0 Å². The second-order valence-electron chi connectivity index (χ2n) is 5.35. The molecule has 0 aliphatic heterocycles. The quantitative estimate of drug-likeness (QED) is 0.931. The number of pyridine rings is 1. The van der Waals surface area contributed by atoms with Gasteiger partial charge in [0.25, 0.3) is 0 Å². The average molecular weight is 283 g/mol. The summed E-state index contributed by atoms with van der Waals surface area (Å²) >= 11 is 0. The molecule has 0 saturated carbocycles. The largest absolute Gasteiger partial charge is 0.477 e. The van der Waals surface area contributed by atoms with Crippen molar-refractivity contribution in [3.8, 4) is 11.6 Å². The minimum atomic E-state index is -1.02. The number of hydrogen-bond donors (Lipinski definition) is 1. The molecule has 0 spiro atoms. The van der Waals surface area contributed by atoms with Crippen molar-refractivity contribution < 1.29 is 14.6 Å². The Morgan fingerprint density at radius 1 is 1.19 bits per heavy atom. The Balaban J connectivity index is 1.94. The molecule has 0 unspecified atom stereocenters. The molecule has 1 heterocycles. The fourth-order valence-electron chi connectivity index (χ4n) is 2.76. The Morgan fingerprint density at radius 3 is 2.71 bits per heavy atom. The number of hydrogen-bond acceptors (Lipinski definition) is 3. The summed E-state index contributed by atoms with van der Waals surface area (Å²) in [5.41, 5.74) is 3.42. The normalized spacial score (nSPS) is 13.6. The van der Waals surface area contributed by atoms with Gasteiger partial charge in [0, 0.05) is 6.20 Å². The predicted octanol–water partition coefficient (Wildman–Crippen LogP) is 3.76. The van der Waals surface area contributed by atoms with Crippen molar-refractivity contribution >= 4 is 5.97 Å². The second kappa shape index (κ2) is 5.56. The molecule has 108 valence electrons. The van der Waals surface area contributed by atoms with Crippen LogP contribution in [0.25, 0.3) is 0 Å². The number of aromatic carboxylic acids is 1. The number of aromatic nitrogens is 1. The number of rotatable bonds is 3. The molecular formula is C17H17NO3. The number of nitrogens with zero attached hydrogens (tertiary/aromatic N) is 1. The molecule has 0 atom stereocenters. The van der Waals surface area contributed by atoms with E-state index in [-0.39, 0.29) is 11.4 Å². The lowest BCUT2D eigenvalue weighted by Gasteiger charge is -2.17. The first-order valence-electron chi connectivity index (χ1n) is 7.13. The van der Waals surface area contributed by atoms with Crippen molar-refractivity contribution in [2.75, 3.05) is 0 Å². The van der Waals surface area contributed by atoms with Crippen LogP contribution in [-0.4, -0.2) is 16.1 Å². The lowest BCUT2D eigenvalue weighted by Crippen LogP contribution is -2.06. The van der Waals surface area contributed by atoms with E-state index < -0.39 is 5.97 Å². The first-order chi connectivity index (χ1) is 10.1. The highest BCUT2D eigenvalue weighted by Gasteiger charge is 2.17. The van der Waals surface area contributed by atoms with Gasteiger partial charge in [-0.1, -0.05) is 6.07 Å². The Hall–Kier alpha value is -2.36. The number of carboxylic acid groups (broad SMARTS) is 1. The van der Waals surface area contributed by atoms with Crippen LogP contribution in [0, 0.1) is 6.92 Å². The van der Waals surface area contributed by atoms with E-state index in [1.54, 1.807) is 19.2 Å². The summed E-state index contributed by atoms with van der Waals surface area (Å²) in [7, 11) is 0. The third-order valence-corrected chi connectivity index (χ3v) is 3.87. The maximum atomic E-state index is 11.3. The first kappa shape index (κ1) is 13.6. The molecule has 0 bridgehead atoms. The van der Waals surface area contributed by atoms with E-state index in [0.29, 0.717) is 11.3 Å². The lowest BCUT2D eigenvalue weighted by molar-refractivity contribution is 0.0692. The van der Waals surface area contributed by atoms with Gasteiger partial charge in [0.1, 0.15) is 11.3 Å². The molecule has 2 aromatic rings. The number of fused-ring (bicyclic) bond motifs is 1. The van der Waals surface area contributed by atoms with Gasteiger partial charge >= 0.3 is 5.97 Å². The van der Waals surface area contributed by atoms with Crippen LogP contribution in [0.2, 0.25) is 0 Å². The smallest absolute Gasteiger partial charge is 0.341 e. The van der Waals surface area contributed by atoms with Gasteiger partial charge in [0.15, 0.2) is 0 Å². The molecule has 1 aromatic heterocycles. The van der Waals surface area contributed by atoms with Crippen molar-refractivity contribution in [2.24, 2.45) is 0 Å². The Morgan fingerprint density at radius 2 is 1.95 bits per heavy atom. The summed E-state index contributed by atoms with van der Waals surface area (Å²) in [5.74, 6) is -0.219. The molecule has 1 aliphatic carbocycles. The molecule has 1 aliphatic rings. The molecule has 4 heteroatoms. The molecular weight excluding hydrogens is 266 g/mol. The molecule has 0 fully saturated rings. The zero-order valence-electron chi connectivity index (χ0n) is 11.9. The van der Waals surface area contributed by atoms with Crippen molar-refractivity contribution in [1.82, 2.24) is 4.98 Å². The van der Waals surface area contributed by atoms with Gasteiger partial charge in [-0.15, -0.1) is 0 Å². The first-order valence-corrected chi connectivity index (χ1v) is 7.13. The molecule has 21 heavy (non-hydrogen) atoms. The minimum absolute atomic E-state index is 0.121. The van der Waals surface area contributed by atoms with Crippen LogP contribution in [0.15, 0.2) is 30.5 Å². The summed E-state index contributed by atoms with van der Waals surface area (Å²) in [5, 5.41) is 9.30. The maximum Gasteiger partial charge on any atom is 0.341 e. The third-order valence-electron chi connectivity index (χ3n) is 3.87. The molecule has 1 aromatic carbocycles. The van der Waals surface area contributed by atoms with E-state index in [2.05, 4.69) is 11.1 Å². The second-order valence-corrected chi connectivity index (χ2v) is 5.35. The number of carbonyl (C=O) groups is 1. The third kappa shape index (κ3) is 2.75. The number of benzene rings is 1. The topological polar surface area (TPSA) is 59.4 Å². The molecule has 0 radical (unpaired) electrons. The maximum absolute atomic E-state index is 11.3. The summed E-state index contributed by atoms with van der Waals surface area (Å²) in [6.45, 7) is 1.74. The van der Waals surface area contributed by atoms with Gasteiger partial charge in [-0.25, -0.2) is 9.78 Å². The highest BCUT2D eigenvalue weighted by molar-refractivity contribution is 5.91. The van der Waals surface area contributed by atoms with E-state index in [0.717, 1.165) is 12.8 Å². The number of carboxylic acids is 1. The minimum Gasteiger partial charge on any atom is -0.477 e. The predicted molar refractivity (Wildman–Crippen MR) is 79.1 cm³/mol. The van der Waals surface area contributed by atoms with E-state index in [4.69, 9.17) is 4.74 Å². The zero-order chi connectivity index (χ0) is 14.8. The molecule has 1 N–H and O–H groups in total. The molecule has 3 rings (SSSR count). The van der Waals surface area contributed by atoms with Gasteiger partial charge < -0.3 is 9.84 Å². The van der Waals surface area contributed by atoms with Gasteiger partial charge in [-0.3, -0.25) is 0 Å². The van der Waals surface area contributed by atoms with Crippen LogP contribution in [0.4, 0.5) is 0 Å². The van der Waals surface area contributed by atoms with E-state index in [1.807, 2.05) is 12.1 Å². The van der Waals surface area contributed by atoms with Crippen LogP contribution in [0.5, 0.6) is 11.6 Å². The molecule has 0 amide bonds. The van der Waals surface area contributed by atoms with Gasteiger partial charge in [-0.2, -0.15) is 0 Å². The van der Waals surface area contributed by atoms with Crippen LogP contribution in [-0.2, 0) is 12.8 Å². The van der Waals surface area contributed by atoms with Crippen LogP contribution >= 0.6 is 0 Å². The lowest BCUT2D eigenvalue weighted by atomic mass is 9.92. The van der Waals surface area contributed by atoms with Crippen molar-refractivity contribution in [2.45, 2.75) is 32.6 Å². The highest BCUT2D eigenvalue weighted by atomic mass is 16.5. The highest BCUT2D eigenvalue weighted by Crippen LogP contribution is 2.29. The summed E-state index contributed by atoms with van der Waals surface area (Å²) in [6, 6.07) is 7.63. The zero-order valence-corrected chi connectivity index (χ0v) is 11.9. The summed E-state index contributed by atoms with van der Waals surface area (Å²) in [4.78, 5) is 15.4. The SMILES string of the molecule is Cc1ccnc(Oc2ccc3c(c2)CCCC3)c1C(=O)O. The van der Waals surface area contributed by atoms with E-state index in [1.165, 1.54) is 24.0 Å². The van der Waals surface area contributed by atoms with Crippen LogP contribution < -0.4 is 4.74 Å². The van der Waals surface area contributed by atoms with Crippen molar-refractivity contribution in [3.05, 3.63) is 52.7 Å². The van der Waals surface area contributed by atoms with Gasteiger partial charge in [-0.05, 0) is 67.5 Å². The van der Waals surface area contributed by atoms with Crippen LogP contribution in [0.3, 0.4) is 0 Å². The van der Waals surface area contributed by atoms with E-state index >= 15 is 0 Å². The fourth-order valence-corrected chi connectivity index (χ4v) is 2.76. The standard InChI is InChI=1S/C17H17NO3/c1-11-8-9-18-16(15(11)17(19)20)21-14-7-6-12-4-2-3-5-13(12)10-14/h6-10H,2-5H2,1H3,(H,19,20). The number of ether oxygens (including phenoxy) is 1. The summed E-state index contributed by atoms with van der Waals surface area (Å²) in [6.07, 6.45) is 6.16. The molecule has 4 nitrogen and oxygen atoms in total.